The summed E-state index contributed by atoms with van der Waals surface area (Å²) in [6, 6.07) is 16.8. The van der Waals surface area contributed by atoms with Crippen molar-refractivity contribution in [1.29, 1.82) is 0 Å². The number of ether oxygens (including phenoxy) is 4. The van der Waals surface area contributed by atoms with Gasteiger partial charge in [-0.1, -0.05) is 30.3 Å². The first-order valence-corrected chi connectivity index (χ1v) is 14.9. The number of nitro groups is 1. The van der Waals surface area contributed by atoms with Gasteiger partial charge in [0.1, 0.15) is 29.4 Å². The van der Waals surface area contributed by atoms with E-state index < -0.39 is 28.4 Å². The van der Waals surface area contributed by atoms with Gasteiger partial charge in [-0.15, -0.1) is 0 Å². The van der Waals surface area contributed by atoms with Crippen molar-refractivity contribution in [2.45, 2.75) is 19.4 Å². The summed E-state index contributed by atoms with van der Waals surface area (Å²) in [6.45, 7) is 0.929. The molecule has 4 rings (SSSR count). The lowest BCUT2D eigenvalue weighted by atomic mass is 10.2. The molecule has 17 heteroatoms. The van der Waals surface area contributed by atoms with Gasteiger partial charge in [-0.3, -0.25) is 19.7 Å². The van der Waals surface area contributed by atoms with E-state index in [1.807, 2.05) is 6.07 Å². The van der Waals surface area contributed by atoms with Crippen LogP contribution in [0.1, 0.15) is 49.9 Å². The molecular formula is C32H34N8O9. The Morgan fingerprint density at radius 3 is 1.76 bits per heavy atom. The second-order valence-electron chi connectivity index (χ2n) is 10.0. The van der Waals surface area contributed by atoms with Crippen LogP contribution in [-0.4, -0.2) is 71.1 Å². The van der Waals surface area contributed by atoms with Crippen LogP contribution in [0.3, 0.4) is 0 Å². The van der Waals surface area contributed by atoms with Crippen molar-refractivity contribution in [2.75, 3.05) is 44.0 Å². The maximum Gasteiger partial charge on any atom is 0.356 e. The number of carbonyl (C=O) groups is 3. The Kier molecular flexibility index (Phi) is 12.8. The number of nitrogens with one attached hydrogen (secondary N) is 2. The Balaban J connectivity index is 1.56. The van der Waals surface area contributed by atoms with Crippen molar-refractivity contribution in [2.24, 2.45) is 11.5 Å². The Morgan fingerprint density at radius 2 is 1.22 bits per heavy atom. The lowest BCUT2D eigenvalue weighted by Crippen LogP contribution is -2.19. The molecule has 0 spiro atoms. The predicted molar refractivity (Wildman–Crippen MR) is 176 cm³/mol. The summed E-state index contributed by atoms with van der Waals surface area (Å²) in [5.41, 5.74) is 11.4. The normalized spacial score (nSPS) is 10.5. The second kappa shape index (κ2) is 17.6. The molecule has 0 radical (unpaired) electrons. The quantitative estimate of drug-likeness (QED) is 0.0544. The SMILES string of the molecule is COC(=O)c1ccc(NC(=O)c2ccc(NC(=O)c3ccc([N+](=O)[O-])c(OCc4ccccc4)n3)c(OCCCN)n2)c(OCCCN)n1. The van der Waals surface area contributed by atoms with E-state index in [-0.39, 0.29) is 65.9 Å². The third kappa shape index (κ3) is 9.90. The van der Waals surface area contributed by atoms with Crippen molar-refractivity contribution >= 4 is 34.8 Å². The van der Waals surface area contributed by atoms with Gasteiger partial charge < -0.3 is 41.0 Å². The van der Waals surface area contributed by atoms with Gasteiger partial charge >= 0.3 is 11.7 Å². The number of aromatic nitrogens is 3. The summed E-state index contributed by atoms with van der Waals surface area (Å²) in [7, 11) is 1.21. The number of nitrogens with zero attached hydrogens (tertiary/aromatic N) is 4. The van der Waals surface area contributed by atoms with E-state index in [2.05, 4.69) is 25.6 Å². The number of anilines is 2. The summed E-state index contributed by atoms with van der Waals surface area (Å²) in [5.74, 6) is -2.61. The molecule has 3 heterocycles. The molecule has 4 aromatic rings. The molecule has 17 nitrogen and oxygen atoms in total. The van der Waals surface area contributed by atoms with Crippen molar-refractivity contribution in [3.63, 3.8) is 0 Å². The van der Waals surface area contributed by atoms with Crippen LogP contribution in [0.5, 0.6) is 17.6 Å². The number of hydrogen-bond acceptors (Lipinski definition) is 14. The molecule has 49 heavy (non-hydrogen) atoms. The number of amides is 2. The van der Waals surface area contributed by atoms with Crippen LogP contribution in [0, 0.1) is 10.1 Å². The number of nitrogens with two attached hydrogens (primary N) is 2. The largest absolute Gasteiger partial charge is 0.476 e. The third-order valence-electron chi connectivity index (χ3n) is 6.51. The van der Waals surface area contributed by atoms with Gasteiger partial charge in [0, 0.05) is 6.07 Å². The Labute approximate surface area is 280 Å². The van der Waals surface area contributed by atoms with E-state index in [1.165, 1.54) is 37.4 Å². The number of esters is 1. The highest BCUT2D eigenvalue weighted by atomic mass is 16.6. The summed E-state index contributed by atoms with van der Waals surface area (Å²) in [6.07, 6.45) is 0.937. The summed E-state index contributed by atoms with van der Waals surface area (Å²) >= 11 is 0. The smallest absolute Gasteiger partial charge is 0.356 e. The van der Waals surface area contributed by atoms with Crippen LogP contribution >= 0.6 is 0 Å². The monoisotopic (exact) mass is 674 g/mol. The second-order valence-corrected chi connectivity index (χ2v) is 10.0. The average molecular weight is 675 g/mol. The number of methoxy groups -OCH3 is 1. The van der Waals surface area contributed by atoms with Crippen LogP contribution in [0.4, 0.5) is 17.1 Å². The maximum absolute atomic E-state index is 13.3. The minimum atomic E-state index is -0.752. The van der Waals surface area contributed by atoms with Gasteiger partial charge in [-0.25, -0.2) is 19.7 Å². The maximum atomic E-state index is 13.3. The van der Waals surface area contributed by atoms with Crippen LogP contribution < -0.4 is 36.3 Å². The van der Waals surface area contributed by atoms with E-state index in [0.29, 0.717) is 25.9 Å². The van der Waals surface area contributed by atoms with E-state index in [4.69, 9.17) is 30.4 Å². The van der Waals surface area contributed by atoms with Gasteiger partial charge in [-0.05, 0) is 61.8 Å². The number of benzene rings is 1. The highest BCUT2D eigenvalue weighted by molar-refractivity contribution is 6.06. The van der Waals surface area contributed by atoms with Gasteiger partial charge in [0.25, 0.3) is 17.7 Å². The lowest BCUT2D eigenvalue weighted by Gasteiger charge is -2.14. The van der Waals surface area contributed by atoms with Crippen molar-refractivity contribution < 1.29 is 38.3 Å². The molecule has 0 saturated carbocycles. The molecule has 0 aliphatic carbocycles. The summed E-state index contributed by atoms with van der Waals surface area (Å²) in [4.78, 5) is 62.0. The fourth-order valence-corrected chi connectivity index (χ4v) is 4.04. The predicted octanol–water partition coefficient (Wildman–Crippen LogP) is 3.11. The Hall–Kier alpha value is -6.20. The molecule has 0 unspecified atom stereocenters. The van der Waals surface area contributed by atoms with Crippen LogP contribution in [0.25, 0.3) is 0 Å². The molecule has 6 N–H and O–H groups in total. The van der Waals surface area contributed by atoms with Gasteiger partial charge in [-0.2, -0.15) is 0 Å². The fraction of sp³-hybridized carbons (Fsp3) is 0.250. The number of hydrogen-bond donors (Lipinski definition) is 4. The van der Waals surface area contributed by atoms with E-state index in [9.17, 15) is 24.5 Å². The van der Waals surface area contributed by atoms with Gasteiger partial charge in [0.05, 0.1) is 25.2 Å². The standard InChI is InChI=1S/C32H34N8O9/c1-46-32(43)25-12-11-24(30(39-25)48-18-6-16-34)36-27(41)21-9-10-23(29(37-21)47-17-5-15-33)35-28(42)22-13-14-26(40(44)45)31(38-22)49-19-20-7-3-2-4-8-20/h2-4,7-14H,5-6,15-19,33-34H2,1H3,(H,35,42)(H,36,41). The molecule has 0 fully saturated rings. The fourth-order valence-electron chi connectivity index (χ4n) is 4.04. The molecule has 0 saturated heterocycles. The average Bonchev–Trinajstić information content (AvgIpc) is 3.12. The third-order valence-corrected chi connectivity index (χ3v) is 6.51. The minimum Gasteiger partial charge on any atom is -0.476 e. The number of pyridine rings is 3. The van der Waals surface area contributed by atoms with E-state index >= 15 is 0 Å². The topological polar surface area (TPSA) is 246 Å². The van der Waals surface area contributed by atoms with Crippen molar-refractivity contribution in [3.05, 3.63) is 99.5 Å². The van der Waals surface area contributed by atoms with Gasteiger partial charge in [0.2, 0.25) is 11.8 Å². The molecule has 0 aliphatic rings. The number of carbonyl (C=O) groups excluding carboxylic acids is 3. The van der Waals surface area contributed by atoms with Gasteiger partial charge in [0.15, 0.2) is 5.69 Å². The van der Waals surface area contributed by atoms with Crippen molar-refractivity contribution in [1.82, 2.24) is 15.0 Å². The first-order valence-electron chi connectivity index (χ1n) is 14.9. The molecule has 0 atom stereocenters. The zero-order valence-corrected chi connectivity index (χ0v) is 26.4. The molecule has 0 bridgehead atoms. The van der Waals surface area contributed by atoms with E-state index in [1.54, 1.807) is 24.3 Å². The van der Waals surface area contributed by atoms with Crippen LogP contribution in [0.15, 0.2) is 66.7 Å². The number of rotatable bonds is 17. The molecular weight excluding hydrogens is 640 g/mol. The summed E-state index contributed by atoms with van der Waals surface area (Å²) < 4.78 is 21.7. The molecule has 2 amide bonds. The Morgan fingerprint density at radius 1 is 0.714 bits per heavy atom. The zero-order valence-electron chi connectivity index (χ0n) is 26.4. The molecule has 1 aromatic carbocycles. The first kappa shape index (κ1) is 35.7. The highest BCUT2D eigenvalue weighted by Crippen LogP contribution is 2.28. The molecule has 256 valence electrons. The molecule has 3 aromatic heterocycles. The van der Waals surface area contributed by atoms with Crippen LogP contribution in [0.2, 0.25) is 0 Å². The van der Waals surface area contributed by atoms with E-state index in [0.717, 1.165) is 11.6 Å². The summed E-state index contributed by atoms with van der Waals surface area (Å²) in [5, 5.41) is 16.9. The molecule has 0 aliphatic heterocycles. The van der Waals surface area contributed by atoms with Crippen LogP contribution in [-0.2, 0) is 11.3 Å². The zero-order chi connectivity index (χ0) is 35.2. The highest BCUT2D eigenvalue weighted by Gasteiger charge is 2.23. The van der Waals surface area contributed by atoms with Crippen molar-refractivity contribution in [3.8, 4) is 17.6 Å². The minimum absolute atomic E-state index is 0.0147. The Bertz CT molecular complexity index is 1790. The lowest BCUT2D eigenvalue weighted by molar-refractivity contribution is -0.386. The first-order chi connectivity index (χ1) is 23.7.